The van der Waals surface area contributed by atoms with Crippen molar-refractivity contribution in [2.75, 3.05) is 5.32 Å². The van der Waals surface area contributed by atoms with Gasteiger partial charge in [0.25, 0.3) is 0 Å². The summed E-state index contributed by atoms with van der Waals surface area (Å²) in [5, 5.41) is 3.56. The van der Waals surface area contributed by atoms with Gasteiger partial charge in [0.15, 0.2) is 6.29 Å². The molecule has 4 heteroatoms. The summed E-state index contributed by atoms with van der Waals surface area (Å²) < 4.78 is 0. The highest BCUT2D eigenvalue weighted by Crippen LogP contribution is 2.20. The predicted octanol–water partition coefficient (Wildman–Crippen LogP) is 2.76. The average Bonchev–Trinajstić information content (AvgIpc) is 2.01. The zero-order valence-electron chi connectivity index (χ0n) is 8.47. The van der Waals surface area contributed by atoms with Crippen LogP contribution in [0.5, 0.6) is 0 Å². The molecule has 14 heavy (non-hydrogen) atoms. The van der Waals surface area contributed by atoms with E-state index in [0.717, 1.165) is 6.29 Å². The van der Waals surface area contributed by atoms with E-state index in [1.165, 1.54) is 6.20 Å². The first kappa shape index (κ1) is 11.0. The van der Waals surface area contributed by atoms with Crippen LogP contribution in [0.3, 0.4) is 0 Å². The zero-order chi connectivity index (χ0) is 10.8. The highest BCUT2D eigenvalue weighted by Gasteiger charge is 2.12. The number of nitrogens with one attached hydrogen (secondary N) is 1. The van der Waals surface area contributed by atoms with Crippen LogP contribution in [0.2, 0.25) is 5.15 Å². The lowest BCUT2D eigenvalue weighted by molar-refractivity contribution is 0.112. The number of halogens is 1. The maximum atomic E-state index is 10.7. The summed E-state index contributed by atoms with van der Waals surface area (Å²) in [5.74, 6) is 0. The number of rotatable bonds is 2. The van der Waals surface area contributed by atoms with Gasteiger partial charge >= 0.3 is 0 Å². The molecule has 76 valence electrons. The molecule has 1 N–H and O–H groups in total. The second-order valence-corrected chi connectivity index (χ2v) is 4.47. The van der Waals surface area contributed by atoms with Gasteiger partial charge in [0.1, 0.15) is 5.15 Å². The third-order valence-electron chi connectivity index (χ3n) is 1.54. The molecule has 0 aliphatic heterocycles. The Morgan fingerprint density at radius 3 is 2.64 bits per heavy atom. The average molecular weight is 213 g/mol. The molecule has 0 saturated heterocycles. The lowest BCUT2D eigenvalue weighted by atomic mass is 10.1. The molecule has 0 aliphatic carbocycles. The van der Waals surface area contributed by atoms with Crippen LogP contribution < -0.4 is 5.32 Å². The van der Waals surface area contributed by atoms with Gasteiger partial charge in [-0.3, -0.25) is 4.79 Å². The van der Waals surface area contributed by atoms with Gasteiger partial charge in [0.2, 0.25) is 0 Å². The Hall–Kier alpha value is -1.09. The number of nitrogens with zero attached hydrogens (tertiary/aromatic N) is 1. The number of carbonyl (C=O) groups excluding carboxylic acids is 1. The minimum Gasteiger partial charge on any atom is -0.380 e. The largest absolute Gasteiger partial charge is 0.380 e. The molecular weight excluding hydrogens is 200 g/mol. The molecule has 1 aromatic heterocycles. The number of aromatic nitrogens is 1. The van der Waals surface area contributed by atoms with E-state index in [2.05, 4.69) is 10.3 Å². The van der Waals surface area contributed by atoms with Crippen LogP contribution in [0.15, 0.2) is 12.3 Å². The third-order valence-corrected chi connectivity index (χ3v) is 1.74. The van der Waals surface area contributed by atoms with Crippen molar-refractivity contribution in [2.45, 2.75) is 26.3 Å². The van der Waals surface area contributed by atoms with Gasteiger partial charge in [0.05, 0.1) is 5.56 Å². The molecule has 0 saturated carbocycles. The summed E-state index contributed by atoms with van der Waals surface area (Å²) in [6.07, 6.45) is 2.22. The minimum absolute atomic E-state index is 0.109. The fourth-order valence-corrected chi connectivity index (χ4v) is 1.20. The molecule has 0 unspecified atom stereocenters. The standard InChI is InChI=1S/C10H13ClN2O/c1-10(2,3)13-8-4-9(11)12-5-7(8)6-14/h4-6H,1-3H3,(H,12,13). The molecule has 0 fully saturated rings. The number of hydrogen-bond donors (Lipinski definition) is 1. The van der Waals surface area contributed by atoms with Gasteiger partial charge in [-0.05, 0) is 26.8 Å². The van der Waals surface area contributed by atoms with Crippen molar-refractivity contribution in [3.8, 4) is 0 Å². The smallest absolute Gasteiger partial charge is 0.153 e. The molecule has 0 radical (unpaired) electrons. The van der Waals surface area contributed by atoms with Gasteiger partial charge < -0.3 is 5.32 Å². The number of carbonyl (C=O) groups is 1. The fourth-order valence-electron chi connectivity index (χ4n) is 1.05. The van der Waals surface area contributed by atoms with E-state index in [1.807, 2.05) is 20.8 Å². The summed E-state index contributed by atoms with van der Waals surface area (Å²) in [7, 11) is 0. The molecule has 0 atom stereocenters. The Balaban J connectivity index is 3.05. The molecule has 3 nitrogen and oxygen atoms in total. The third kappa shape index (κ3) is 3.00. The van der Waals surface area contributed by atoms with E-state index in [9.17, 15) is 4.79 Å². The van der Waals surface area contributed by atoms with E-state index in [1.54, 1.807) is 6.07 Å². The summed E-state index contributed by atoms with van der Waals surface area (Å²) in [6, 6.07) is 1.65. The molecule has 0 amide bonds. The Labute approximate surface area is 88.5 Å². The van der Waals surface area contributed by atoms with Crippen LogP contribution in [0.25, 0.3) is 0 Å². The molecule has 1 rings (SSSR count). The number of aldehydes is 1. The van der Waals surface area contributed by atoms with E-state index in [-0.39, 0.29) is 5.54 Å². The van der Waals surface area contributed by atoms with Crippen LogP contribution in [-0.4, -0.2) is 16.8 Å². The van der Waals surface area contributed by atoms with Crippen LogP contribution in [0.1, 0.15) is 31.1 Å². The fraction of sp³-hybridized carbons (Fsp3) is 0.400. The van der Waals surface area contributed by atoms with Crippen molar-refractivity contribution < 1.29 is 4.79 Å². The van der Waals surface area contributed by atoms with Crippen molar-refractivity contribution in [3.05, 3.63) is 23.0 Å². The Kier molecular flexibility index (Phi) is 3.11. The first-order chi connectivity index (χ1) is 6.42. The highest BCUT2D eigenvalue weighted by atomic mass is 35.5. The topological polar surface area (TPSA) is 42.0 Å². The number of anilines is 1. The van der Waals surface area contributed by atoms with E-state index in [0.29, 0.717) is 16.4 Å². The predicted molar refractivity (Wildman–Crippen MR) is 58.0 cm³/mol. The SMILES string of the molecule is CC(C)(C)Nc1cc(Cl)ncc1C=O. The molecule has 0 bridgehead atoms. The van der Waals surface area contributed by atoms with Crippen LogP contribution in [0.4, 0.5) is 5.69 Å². The molecule has 1 aromatic rings. The van der Waals surface area contributed by atoms with Gasteiger partial charge in [-0.25, -0.2) is 4.98 Å². The lowest BCUT2D eigenvalue weighted by Gasteiger charge is -2.23. The molecule has 1 heterocycles. The summed E-state index contributed by atoms with van der Waals surface area (Å²) in [6.45, 7) is 6.03. The number of hydrogen-bond acceptors (Lipinski definition) is 3. The zero-order valence-corrected chi connectivity index (χ0v) is 9.22. The van der Waals surface area contributed by atoms with Gasteiger partial charge in [-0.1, -0.05) is 11.6 Å². The molecule has 0 spiro atoms. The minimum atomic E-state index is -0.109. The number of pyridine rings is 1. The second-order valence-electron chi connectivity index (χ2n) is 4.09. The molecule has 0 aliphatic rings. The van der Waals surface area contributed by atoms with Crippen LogP contribution in [0, 0.1) is 0 Å². The van der Waals surface area contributed by atoms with Crippen molar-refractivity contribution in [2.24, 2.45) is 0 Å². The normalized spacial score (nSPS) is 11.1. The van der Waals surface area contributed by atoms with Crippen molar-refractivity contribution >= 4 is 23.6 Å². The van der Waals surface area contributed by atoms with E-state index < -0.39 is 0 Å². The Bertz CT molecular complexity index is 344. The monoisotopic (exact) mass is 212 g/mol. The van der Waals surface area contributed by atoms with Crippen LogP contribution in [-0.2, 0) is 0 Å². The lowest BCUT2D eigenvalue weighted by Crippen LogP contribution is -2.26. The van der Waals surface area contributed by atoms with Gasteiger partial charge in [0, 0.05) is 17.4 Å². The maximum absolute atomic E-state index is 10.7. The molecule has 0 aromatic carbocycles. The maximum Gasteiger partial charge on any atom is 0.153 e. The Morgan fingerprint density at radius 1 is 1.50 bits per heavy atom. The van der Waals surface area contributed by atoms with Crippen molar-refractivity contribution in [1.82, 2.24) is 4.98 Å². The summed E-state index contributed by atoms with van der Waals surface area (Å²) in [5.41, 5.74) is 1.12. The first-order valence-corrected chi connectivity index (χ1v) is 4.69. The first-order valence-electron chi connectivity index (χ1n) is 4.31. The quantitative estimate of drug-likeness (QED) is 0.606. The van der Waals surface area contributed by atoms with E-state index >= 15 is 0 Å². The summed E-state index contributed by atoms with van der Waals surface area (Å²) in [4.78, 5) is 14.5. The van der Waals surface area contributed by atoms with E-state index in [4.69, 9.17) is 11.6 Å². The molecular formula is C10H13ClN2O. The Morgan fingerprint density at radius 2 is 2.14 bits per heavy atom. The second kappa shape index (κ2) is 3.96. The van der Waals surface area contributed by atoms with Crippen molar-refractivity contribution in [3.63, 3.8) is 0 Å². The van der Waals surface area contributed by atoms with Gasteiger partial charge in [-0.15, -0.1) is 0 Å². The van der Waals surface area contributed by atoms with Crippen LogP contribution >= 0.6 is 11.6 Å². The van der Waals surface area contributed by atoms with Crippen molar-refractivity contribution in [1.29, 1.82) is 0 Å². The highest BCUT2D eigenvalue weighted by molar-refractivity contribution is 6.29. The van der Waals surface area contributed by atoms with Gasteiger partial charge in [-0.2, -0.15) is 0 Å². The summed E-state index contributed by atoms with van der Waals surface area (Å²) >= 11 is 5.74.